The van der Waals surface area contributed by atoms with Crippen molar-refractivity contribution in [2.24, 2.45) is 5.41 Å². The molecule has 0 radical (unpaired) electrons. The van der Waals surface area contributed by atoms with Crippen LogP contribution < -0.4 is 5.64 Å². The average molecular weight is 136 g/mol. The van der Waals surface area contributed by atoms with Gasteiger partial charge >= 0.3 is 0 Å². The summed E-state index contributed by atoms with van der Waals surface area (Å²) in [7, 11) is 0. The summed E-state index contributed by atoms with van der Waals surface area (Å²) in [6.45, 7) is 4.08. The number of aliphatic hydroxyl groups is 1. The van der Waals surface area contributed by atoms with Gasteiger partial charge in [-0.05, 0) is 0 Å². The molecule has 0 aliphatic heterocycles. The lowest BCUT2D eigenvalue weighted by Gasteiger charge is -2.17. The fourth-order valence-electron chi connectivity index (χ4n) is 0.309. The molecule has 0 aromatic rings. The van der Waals surface area contributed by atoms with Gasteiger partial charge in [-0.25, -0.2) is 0 Å². The second kappa shape index (κ2) is 3.79. The highest BCUT2D eigenvalue weighted by atomic mass is 16.8. The van der Waals surface area contributed by atoms with Gasteiger partial charge in [-0.15, -0.1) is 0 Å². The van der Waals surface area contributed by atoms with Gasteiger partial charge in [0.25, 0.3) is 0 Å². The molecule has 4 nitrogen and oxygen atoms in total. The molecule has 0 heterocycles. The molecule has 0 spiro atoms. The molecular weight excluding hydrogens is 122 g/mol. The Bertz CT molecular complexity index is 74.6. The van der Waals surface area contributed by atoms with Crippen molar-refractivity contribution in [3.8, 4) is 0 Å². The summed E-state index contributed by atoms with van der Waals surface area (Å²) in [4.78, 5) is 4.56. The molecule has 4 N–H and O–H groups in total. The molecule has 0 aromatic heterocycles. The normalized spacial score (nSPS) is 12.0. The van der Waals surface area contributed by atoms with Crippen LogP contribution in [0.25, 0.3) is 0 Å². The molecule has 0 bridgehead atoms. The number of aliphatic hydroxyl groups excluding tert-OH is 1. The Balaban J connectivity index is 3.33. The van der Waals surface area contributed by atoms with E-state index < -0.39 is 0 Å². The highest BCUT2D eigenvalue weighted by molar-refractivity contribution is 4.63. The molecule has 56 valence electrons. The summed E-state index contributed by atoms with van der Waals surface area (Å²) >= 11 is 0. The molecule has 0 aliphatic rings. The molecule has 0 unspecified atom stereocenters. The van der Waals surface area contributed by atoms with E-state index in [0.29, 0.717) is 12.3 Å². The number of hydrogen-bond donors (Lipinski definition) is 3. The lowest BCUT2D eigenvalue weighted by molar-refractivity contribution is -1.07. The molecule has 0 aliphatic carbocycles. The minimum atomic E-state index is -0.265. The minimum Gasteiger partial charge on any atom is -0.396 e. The summed E-state index contributed by atoms with van der Waals surface area (Å²) in [5.74, 6) is 0. The number of rotatable bonds is 4. The Morgan fingerprint density at radius 1 is 1.56 bits per heavy atom. The summed E-state index contributed by atoms with van der Waals surface area (Å²) in [5.41, 5.74) is 0.372. The second-order valence-corrected chi connectivity index (χ2v) is 2.74. The third-order valence-electron chi connectivity index (χ3n) is 0.977. The highest BCUT2D eigenvalue weighted by Gasteiger charge is 2.17. The molecule has 0 amide bonds. The monoisotopic (exact) mass is 136 g/mol. The maximum atomic E-state index is 8.65. The first-order chi connectivity index (χ1) is 4.12. The van der Waals surface area contributed by atoms with Gasteiger partial charge in [0.2, 0.25) is 0 Å². The van der Waals surface area contributed by atoms with Crippen LogP contribution in [0.3, 0.4) is 0 Å². The molecule has 0 atom stereocenters. The zero-order valence-electron chi connectivity index (χ0n) is 5.79. The van der Waals surface area contributed by atoms with Crippen LogP contribution in [0.15, 0.2) is 0 Å². The van der Waals surface area contributed by atoms with Gasteiger partial charge in [-0.3, -0.25) is 0 Å². The summed E-state index contributed by atoms with van der Waals surface area (Å²) in [5, 5.41) is 16.7. The first-order valence-corrected chi connectivity index (χ1v) is 2.81. The predicted octanol–water partition coefficient (Wildman–Crippen LogP) is -1.11. The first-order valence-electron chi connectivity index (χ1n) is 2.81. The second-order valence-electron chi connectivity index (χ2n) is 2.74. The van der Waals surface area contributed by atoms with Crippen molar-refractivity contribution in [2.75, 3.05) is 13.2 Å². The van der Waals surface area contributed by atoms with Crippen LogP contribution >= 0.6 is 0 Å². The fraction of sp³-hybridized carbons (Fsp3) is 1.00. The quantitative estimate of drug-likeness (QED) is 0.429. The summed E-state index contributed by atoms with van der Waals surface area (Å²) in [6, 6.07) is 0. The van der Waals surface area contributed by atoms with E-state index in [1.54, 1.807) is 0 Å². The molecule has 0 saturated heterocycles. The minimum absolute atomic E-state index is 0.0564. The van der Waals surface area contributed by atoms with Gasteiger partial charge in [0.15, 0.2) is 0 Å². The van der Waals surface area contributed by atoms with Crippen LogP contribution in [0.4, 0.5) is 0 Å². The van der Waals surface area contributed by atoms with Crippen molar-refractivity contribution < 1.29 is 20.8 Å². The van der Waals surface area contributed by atoms with Gasteiger partial charge in [-0.1, -0.05) is 19.5 Å². The Hall–Kier alpha value is -0.160. The van der Waals surface area contributed by atoms with E-state index in [0.717, 1.165) is 0 Å². The van der Waals surface area contributed by atoms with E-state index >= 15 is 0 Å². The van der Waals surface area contributed by atoms with Crippen LogP contribution in [0.5, 0.6) is 0 Å². The van der Waals surface area contributed by atoms with Crippen molar-refractivity contribution in [2.45, 2.75) is 13.8 Å². The largest absolute Gasteiger partial charge is 0.396 e. The van der Waals surface area contributed by atoms with E-state index in [-0.39, 0.29) is 12.0 Å². The lowest BCUT2D eigenvalue weighted by Crippen LogP contribution is -2.80. The highest BCUT2D eigenvalue weighted by Crippen LogP contribution is 2.11. The maximum absolute atomic E-state index is 8.65. The third-order valence-corrected chi connectivity index (χ3v) is 0.977. The van der Waals surface area contributed by atoms with Crippen molar-refractivity contribution in [3.05, 3.63) is 0 Å². The van der Waals surface area contributed by atoms with Gasteiger partial charge in [0, 0.05) is 5.41 Å². The van der Waals surface area contributed by atoms with Crippen LogP contribution in [-0.2, 0) is 4.84 Å². The Morgan fingerprint density at radius 3 is 2.44 bits per heavy atom. The molecular formula is C5H14NO3+. The summed E-state index contributed by atoms with van der Waals surface area (Å²) in [6.07, 6.45) is 0. The van der Waals surface area contributed by atoms with E-state index in [4.69, 9.17) is 10.3 Å². The smallest absolute Gasteiger partial charge is 0.117 e. The van der Waals surface area contributed by atoms with Gasteiger partial charge in [0.1, 0.15) is 6.61 Å². The molecule has 0 saturated carbocycles. The molecule has 4 heteroatoms. The Morgan fingerprint density at radius 2 is 2.11 bits per heavy atom. The molecule has 9 heavy (non-hydrogen) atoms. The van der Waals surface area contributed by atoms with Crippen LogP contribution in [0.2, 0.25) is 0 Å². The van der Waals surface area contributed by atoms with Gasteiger partial charge in [0.05, 0.1) is 6.61 Å². The summed E-state index contributed by atoms with van der Waals surface area (Å²) < 4.78 is 0. The molecule has 0 aromatic carbocycles. The lowest BCUT2D eigenvalue weighted by atomic mass is 9.97. The Kier molecular flexibility index (Phi) is 3.72. The van der Waals surface area contributed by atoms with Crippen molar-refractivity contribution >= 4 is 0 Å². The zero-order valence-corrected chi connectivity index (χ0v) is 5.79. The van der Waals surface area contributed by atoms with Crippen LogP contribution in [-0.4, -0.2) is 23.5 Å². The SMILES string of the molecule is CC(C)(CO)CO[NH2+]O. The van der Waals surface area contributed by atoms with Crippen molar-refractivity contribution in [1.29, 1.82) is 0 Å². The number of hydrogen-bond acceptors (Lipinski definition) is 3. The van der Waals surface area contributed by atoms with Crippen molar-refractivity contribution in [3.63, 3.8) is 0 Å². The zero-order chi connectivity index (χ0) is 7.33. The predicted molar refractivity (Wildman–Crippen MR) is 30.5 cm³/mol. The first kappa shape index (κ1) is 8.84. The van der Waals surface area contributed by atoms with Gasteiger partial charge in [-0.2, -0.15) is 10.0 Å². The number of quaternary nitrogens is 1. The standard InChI is InChI=1S/C5H14NO3/c1-5(2,3-7)4-9-6-8/h7-8H,3-4,6H2,1-2H3/q+1. The number of nitrogens with two attached hydrogens (primary N) is 1. The van der Waals surface area contributed by atoms with E-state index in [9.17, 15) is 0 Å². The third kappa shape index (κ3) is 4.35. The maximum Gasteiger partial charge on any atom is 0.117 e. The van der Waals surface area contributed by atoms with Crippen LogP contribution in [0.1, 0.15) is 13.8 Å². The van der Waals surface area contributed by atoms with E-state index in [1.807, 2.05) is 13.8 Å². The van der Waals surface area contributed by atoms with Crippen molar-refractivity contribution in [1.82, 2.24) is 0 Å². The fourth-order valence-corrected chi connectivity index (χ4v) is 0.309. The Labute approximate surface area is 54.4 Å². The van der Waals surface area contributed by atoms with E-state index in [1.165, 1.54) is 0 Å². The topological polar surface area (TPSA) is 66.3 Å². The van der Waals surface area contributed by atoms with Crippen LogP contribution in [0, 0.1) is 5.41 Å². The molecule has 0 fully saturated rings. The molecule has 0 rings (SSSR count). The average Bonchev–Trinajstić information content (AvgIpc) is 1.84. The van der Waals surface area contributed by atoms with E-state index in [2.05, 4.69) is 4.84 Å². The van der Waals surface area contributed by atoms with Gasteiger partial charge < -0.3 is 5.11 Å².